The molecule has 164 valence electrons. The highest BCUT2D eigenvalue weighted by molar-refractivity contribution is 9.10. The predicted octanol–water partition coefficient (Wildman–Crippen LogP) is 4.98. The second kappa shape index (κ2) is 9.10. The average molecular weight is 556 g/mol. The largest absolute Gasteiger partial charge is 0.348 e. The molecule has 1 aromatic heterocycles. The van der Waals surface area contributed by atoms with Crippen molar-refractivity contribution in [1.29, 1.82) is 0 Å². The minimum absolute atomic E-state index is 0.0218. The first-order valence-electron chi connectivity index (χ1n) is 9.00. The van der Waals surface area contributed by atoms with Crippen LogP contribution >= 0.6 is 39.3 Å². The third kappa shape index (κ3) is 4.75. The van der Waals surface area contributed by atoms with Gasteiger partial charge >= 0.3 is 0 Å². The number of nitrogens with zero attached hydrogens (tertiary/aromatic N) is 2. The van der Waals surface area contributed by atoms with Crippen LogP contribution in [0.5, 0.6) is 0 Å². The zero-order valence-electron chi connectivity index (χ0n) is 16.0. The van der Waals surface area contributed by atoms with E-state index in [-0.39, 0.29) is 38.8 Å². The third-order valence-corrected chi connectivity index (χ3v) is 7.13. The van der Waals surface area contributed by atoms with Crippen molar-refractivity contribution < 1.29 is 17.6 Å². The van der Waals surface area contributed by atoms with Gasteiger partial charge in [0.05, 0.1) is 23.0 Å². The van der Waals surface area contributed by atoms with Gasteiger partial charge in [0.15, 0.2) is 0 Å². The average Bonchev–Trinajstić information content (AvgIpc) is 3.21. The first-order valence-corrected chi connectivity index (χ1v) is 12.4. The van der Waals surface area contributed by atoms with Crippen molar-refractivity contribution in [1.82, 2.24) is 14.1 Å². The van der Waals surface area contributed by atoms with Crippen LogP contribution in [-0.2, 0) is 16.6 Å². The molecule has 4 aromatic rings. The molecular weight excluding hydrogens is 543 g/mol. The van der Waals surface area contributed by atoms with Crippen molar-refractivity contribution in [3.8, 4) is 0 Å². The number of sulfonamides is 1. The van der Waals surface area contributed by atoms with Crippen molar-refractivity contribution in [2.45, 2.75) is 11.4 Å². The van der Waals surface area contributed by atoms with Crippen LogP contribution in [0.15, 0.2) is 64.0 Å². The molecule has 1 heterocycles. The fourth-order valence-electron chi connectivity index (χ4n) is 2.93. The summed E-state index contributed by atoms with van der Waals surface area (Å²) in [5, 5.41) is 2.82. The Morgan fingerprint density at radius 1 is 1.12 bits per heavy atom. The third-order valence-electron chi connectivity index (χ3n) is 4.46. The Kier molecular flexibility index (Phi) is 6.42. The lowest BCUT2D eigenvalue weighted by atomic mass is 10.1. The maximum Gasteiger partial charge on any atom is 0.264 e. The lowest BCUT2D eigenvalue weighted by Gasteiger charge is -2.14. The Bertz CT molecular complexity index is 1450. The van der Waals surface area contributed by atoms with Crippen LogP contribution < -0.4 is 10.0 Å². The maximum atomic E-state index is 14.0. The highest BCUT2D eigenvalue weighted by Gasteiger charge is 2.23. The summed E-state index contributed by atoms with van der Waals surface area (Å²) < 4.78 is 51.2. The number of carbonyl (C=O) groups is 1. The minimum atomic E-state index is -4.11. The number of nitrogens with one attached hydrogen (secondary N) is 2. The number of carbonyl (C=O) groups excluding carboxylic acids is 1. The van der Waals surface area contributed by atoms with E-state index in [1.165, 1.54) is 36.4 Å². The normalized spacial score (nSPS) is 11.5. The van der Waals surface area contributed by atoms with Crippen LogP contribution in [0.2, 0.25) is 5.02 Å². The van der Waals surface area contributed by atoms with Gasteiger partial charge in [-0.1, -0.05) is 39.7 Å². The lowest BCUT2D eigenvalue weighted by Crippen LogP contribution is -2.25. The number of amides is 1. The first kappa shape index (κ1) is 22.6. The fraction of sp³-hybridized carbons (Fsp3) is 0.0500. The summed E-state index contributed by atoms with van der Waals surface area (Å²) in [4.78, 5) is 12.7. The quantitative estimate of drug-likeness (QED) is 0.350. The van der Waals surface area contributed by atoms with Gasteiger partial charge in [0, 0.05) is 21.6 Å². The zero-order valence-corrected chi connectivity index (χ0v) is 19.9. The number of hydrogen-bond donors (Lipinski definition) is 2. The van der Waals surface area contributed by atoms with Gasteiger partial charge in [-0.05, 0) is 42.5 Å². The molecule has 3 aromatic carbocycles. The SMILES string of the molecule is O=C(NCc1ccc(Br)cc1F)c1ccc(Cl)cc1NS(=O)(=O)c1cccc2nsnc12. The summed E-state index contributed by atoms with van der Waals surface area (Å²) in [7, 11) is -4.11. The van der Waals surface area contributed by atoms with Crippen LogP contribution in [0, 0.1) is 5.82 Å². The van der Waals surface area contributed by atoms with Gasteiger partial charge in [0.2, 0.25) is 0 Å². The number of rotatable bonds is 6. The van der Waals surface area contributed by atoms with Gasteiger partial charge in [-0.15, -0.1) is 0 Å². The Hall–Kier alpha value is -2.60. The second-order valence-corrected chi connectivity index (χ2v) is 10.1. The highest BCUT2D eigenvalue weighted by Crippen LogP contribution is 2.27. The molecule has 1 amide bonds. The molecule has 0 radical (unpaired) electrons. The molecule has 0 saturated carbocycles. The standard InChI is InChI=1S/C20H13BrClFN4O3S2/c21-12-5-4-11(15(23)8-12)10-24-20(28)14-7-6-13(22)9-17(14)27-32(29,30)18-3-1-2-16-19(18)26-31-25-16/h1-9,27H,10H2,(H,24,28). The van der Waals surface area contributed by atoms with Crippen LogP contribution in [0.1, 0.15) is 15.9 Å². The molecule has 0 fully saturated rings. The molecule has 0 saturated heterocycles. The van der Waals surface area contributed by atoms with E-state index in [0.29, 0.717) is 9.99 Å². The topological polar surface area (TPSA) is 101 Å². The number of aromatic nitrogens is 2. The van der Waals surface area contributed by atoms with Gasteiger partial charge in [0.1, 0.15) is 21.7 Å². The van der Waals surface area contributed by atoms with E-state index in [2.05, 4.69) is 34.7 Å². The molecule has 7 nitrogen and oxygen atoms in total. The molecule has 0 spiro atoms. The van der Waals surface area contributed by atoms with Crippen molar-refractivity contribution in [3.63, 3.8) is 0 Å². The fourth-order valence-corrected chi connectivity index (χ4v) is 5.28. The second-order valence-electron chi connectivity index (χ2n) is 6.60. The van der Waals surface area contributed by atoms with Crippen molar-refractivity contribution in [3.05, 3.63) is 81.0 Å². The van der Waals surface area contributed by atoms with E-state index >= 15 is 0 Å². The van der Waals surface area contributed by atoms with E-state index in [0.717, 1.165) is 11.7 Å². The zero-order chi connectivity index (χ0) is 22.9. The van der Waals surface area contributed by atoms with Crippen LogP contribution in [-0.4, -0.2) is 23.1 Å². The summed E-state index contributed by atoms with van der Waals surface area (Å²) in [6.45, 7) is -0.0867. The minimum Gasteiger partial charge on any atom is -0.348 e. The summed E-state index contributed by atoms with van der Waals surface area (Å²) >= 11 is 10.1. The summed E-state index contributed by atoms with van der Waals surface area (Å²) in [5.74, 6) is -1.09. The number of hydrogen-bond acceptors (Lipinski definition) is 6. The summed E-state index contributed by atoms with van der Waals surface area (Å²) in [6, 6.07) is 13.2. The molecule has 0 aliphatic rings. The molecule has 4 rings (SSSR count). The number of benzene rings is 3. The van der Waals surface area contributed by atoms with Gasteiger partial charge in [-0.25, -0.2) is 12.8 Å². The first-order chi connectivity index (χ1) is 15.2. The monoisotopic (exact) mass is 554 g/mol. The van der Waals surface area contributed by atoms with Crippen LogP contribution in [0.4, 0.5) is 10.1 Å². The van der Waals surface area contributed by atoms with Crippen molar-refractivity contribution in [2.75, 3.05) is 4.72 Å². The maximum absolute atomic E-state index is 14.0. The molecular formula is C20H13BrClFN4O3S2. The van der Waals surface area contributed by atoms with Gasteiger partial charge < -0.3 is 5.32 Å². The van der Waals surface area contributed by atoms with E-state index in [9.17, 15) is 17.6 Å². The Balaban J connectivity index is 1.62. The number of anilines is 1. The summed E-state index contributed by atoms with van der Waals surface area (Å²) in [5.41, 5.74) is 0.952. The van der Waals surface area contributed by atoms with E-state index < -0.39 is 21.7 Å². The van der Waals surface area contributed by atoms with E-state index in [1.54, 1.807) is 18.2 Å². The number of halogens is 3. The molecule has 12 heteroatoms. The molecule has 2 N–H and O–H groups in total. The highest BCUT2D eigenvalue weighted by atomic mass is 79.9. The molecule has 0 aliphatic heterocycles. The van der Waals surface area contributed by atoms with E-state index in [4.69, 9.17) is 11.6 Å². The van der Waals surface area contributed by atoms with Crippen LogP contribution in [0.25, 0.3) is 11.0 Å². The Morgan fingerprint density at radius 2 is 1.94 bits per heavy atom. The summed E-state index contributed by atoms with van der Waals surface area (Å²) in [6.07, 6.45) is 0. The van der Waals surface area contributed by atoms with Crippen LogP contribution in [0.3, 0.4) is 0 Å². The number of fused-ring (bicyclic) bond motifs is 1. The van der Waals surface area contributed by atoms with Gasteiger partial charge in [-0.2, -0.15) is 8.75 Å². The predicted molar refractivity (Wildman–Crippen MR) is 125 cm³/mol. The molecule has 0 aliphatic carbocycles. The molecule has 0 atom stereocenters. The lowest BCUT2D eigenvalue weighted by molar-refractivity contribution is 0.0951. The van der Waals surface area contributed by atoms with Gasteiger partial charge in [-0.3, -0.25) is 9.52 Å². The molecule has 0 unspecified atom stereocenters. The van der Waals surface area contributed by atoms with Crippen molar-refractivity contribution >= 4 is 71.9 Å². The Labute approximate surface area is 200 Å². The Morgan fingerprint density at radius 3 is 2.72 bits per heavy atom. The van der Waals surface area contributed by atoms with Gasteiger partial charge in [0.25, 0.3) is 15.9 Å². The smallest absolute Gasteiger partial charge is 0.264 e. The molecule has 0 bridgehead atoms. The van der Waals surface area contributed by atoms with Crippen molar-refractivity contribution in [2.24, 2.45) is 0 Å². The van der Waals surface area contributed by atoms with E-state index in [1.807, 2.05) is 0 Å². The molecule has 32 heavy (non-hydrogen) atoms.